The Morgan fingerprint density at radius 1 is 1.04 bits per heavy atom. The molecule has 2 aromatic rings. The van der Waals surface area contributed by atoms with Gasteiger partial charge in [0, 0.05) is 37.2 Å². The molecule has 0 radical (unpaired) electrons. The summed E-state index contributed by atoms with van der Waals surface area (Å²) in [5.41, 5.74) is 7.40. The van der Waals surface area contributed by atoms with Gasteiger partial charge < -0.3 is 20.3 Å². The van der Waals surface area contributed by atoms with Gasteiger partial charge >= 0.3 is 5.97 Å². The molecule has 1 fully saturated rings. The van der Waals surface area contributed by atoms with Crippen molar-refractivity contribution < 1.29 is 14.7 Å². The van der Waals surface area contributed by atoms with E-state index >= 15 is 0 Å². The van der Waals surface area contributed by atoms with Crippen LogP contribution in [0.5, 0.6) is 0 Å². The Morgan fingerprint density at radius 2 is 1.72 bits per heavy atom. The lowest BCUT2D eigenvalue weighted by atomic mass is 10.1. The lowest BCUT2D eigenvalue weighted by Crippen LogP contribution is -2.35. The minimum absolute atomic E-state index is 0.0432. The number of piperidine rings is 1. The summed E-state index contributed by atoms with van der Waals surface area (Å²) < 4.78 is 1.77. The van der Waals surface area contributed by atoms with Crippen LogP contribution >= 0.6 is 0 Å². The number of carboxylic acid groups (broad SMARTS) is 1. The zero-order chi connectivity index (χ0) is 17.8. The van der Waals surface area contributed by atoms with E-state index in [0.717, 1.165) is 38.0 Å². The van der Waals surface area contributed by atoms with Crippen LogP contribution in [0.3, 0.4) is 0 Å². The van der Waals surface area contributed by atoms with Gasteiger partial charge in [0.25, 0.3) is 5.91 Å². The lowest BCUT2D eigenvalue weighted by Gasteiger charge is -2.26. The first-order valence-electron chi connectivity index (χ1n) is 8.17. The third-order valence-electron chi connectivity index (χ3n) is 4.32. The lowest BCUT2D eigenvalue weighted by molar-refractivity contribution is 0.0694. The van der Waals surface area contributed by atoms with Crippen molar-refractivity contribution in [3.8, 4) is 17.7 Å². The SMILES string of the molecule is NC#Cc1cn(-c2ccc(C(=O)O)cc2)cc1C(=O)N1CCCCC1. The summed E-state index contributed by atoms with van der Waals surface area (Å²) >= 11 is 0. The molecule has 0 bridgehead atoms. The van der Waals surface area contributed by atoms with E-state index in [1.807, 2.05) is 4.90 Å². The van der Waals surface area contributed by atoms with Crippen molar-refractivity contribution in [2.75, 3.05) is 13.1 Å². The molecule has 0 saturated carbocycles. The maximum absolute atomic E-state index is 12.8. The summed E-state index contributed by atoms with van der Waals surface area (Å²) in [4.78, 5) is 25.6. The van der Waals surface area contributed by atoms with Crippen LogP contribution in [0.2, 0.25) is 0 Å². The highest BCUT2D eigenvalue weighted by Gasteiger charge is 2.22. The largest absolute Gasteiger partial charge is 0.478 e. The predicted octanol–water partition coefficient (Wildman–Crippen LogP) is 2.07. The van der Waals surface area contributed by atoms with E-state index in [0.29, 0.717) is 11.1 Å². The summed E-state index contributed by atoms with van der Waals surface area (Å²) in [7, 11) is 0. The van der Waals surface area contributed by atoms with Crippen molar-refractivity contribution in [1.82, 2.24) is 9.47 Å². The van der Waals surface area contributed by atoms with E-state index in [1.54, 1.807) is 29.1 Å². The molecule has 0 aliphatic carbocycles. The van der Waals surface area contributed by atoms with Gasteiger partial charge in [-0.15, -0.1) is 0 Å². The van der Waals surface area contributed by atoms with Crippen LogP contribution in [-0.2, 0) is 0 Å². The van der Waals surface area contributed by atoms with Crippen LogP contribution in [0.15, 0.2) is 36.7 Å². The van der Waals surface area contributed by atoms with E-state index in [9.17, 15) is 9.59 Å². The van der Waals surface area contributed by atoms with Gasteiger partial charge in [-0.25, -0.2) is 4.79 Å². The number of benzene rings is 1. The van der Waals surface area contributed by atoms with Crippen LogP contribution in [-0.4, -0.2) is 39.5 Å². The van der Waals surface area contributed by atoms with Gasteiger partial charge in [0.2, 0.25) is 0 Å². The number of carbonyl (C=O) groups is 2. The molecular formula is C19H19N3O3. The Kier molecular flexibility index (Phi) is 4.75. The minimum Gasteiger partial charge on any atom is -0.478 e. The van der Waals surface area contributed by atoms with Gasteiger partial charge in [-0.05, 0) is 49.4 Å². The first kappa shape index (κ1) is 16.7. The molecule has 0 atom stereocenters. The van der Waals surface area contributed by atoms with Crippen molar-refractivity contribution in [3.63, 3.8) is 0 Å². The molecule has 6 nitrogen and oxygen atoms in total. The van der Waals surface area contributed by atoms with Gasteiger partial charge in [-0.3, -0.25) is 4.79 Å². The number of aromatic nitrogens is 1. The molecule has 1 aromatic carbocycles. The molecule has 1 aliphatic rings. The zero-order valence-corrected chi connectivity index (χ0v) is 13.7. The van der Waals surface area contributed by atoms with Crippen molar-refractivity contribution in [2.24, 2.45) is 5.73 Å². The average molecular weight is 337 g/mol. The highest BCUT2D eigenvalue weighted by molar-refractivity contribution is 5.97. The number of hydrogen-bond acceptors (Lipinski definition) is 3. The van der Waals surface area contributed by atoms with Crippen LogP contribution in [0.1, 0.15) is 45.5 Å². The maximum Gasteiger partial charge on any atom is 0.335 e. The molecule has 0 unspecified atom stereocenters. The number of carbonyl (C=O) groups excluding carboxylic acids is 1. The Hall–Kier alpha value is -3.20. The van der Waals surface area contributed by atoms with Crippen LogP contribution in [0.4, 0.5) is 0 Å². The fourth-order valence-corrected chi connectivity index (χ4v) is 2.99. The smallest absolute Gasteiger partial charge is 0.335 e. The molecule has 1 amide bonds. The van der Waals surface area contributed by atoms with E-state index in [2.05, 4.69) is 12.0 Å². The van der Waals surface area contributed by atoms with E-state index in [-0.39, 0.29) is 11.5 Å². The number of carboxylic acids is 1. The van der Waals surface area contributed by atoms with E-state index in [4.69, 9.17) is 10.8 Å². The van der Waals surface area contributed by atoms with Gasteiger partial charge in [-0.1, -0.05) is 0 Å². The highest BCUT2D eigenvalue weighted by Crippen LogP contribution is 2.20. The fourth-order valence-electron chi connectivity index (χ4n) is 2.99. The van der Waals surface area contributed by atoms with Crippen LogP contribution in [0.25, 0.3) is 5.69 Å². The fraction of sp³-hybridized carbons (Fsp3) is 0.263. The molecule has 3 N–H and O–H groups in total. The second-order valence-electron chi connectivity index (χ2n) is 5.97. The number of likely N-dealkylation sites (tertiary alicyclic amines) is 1. The molecule has 1 aromatic heterocycles. The topological polar surface area (TPSA) is 88.6 Å². The second-order valence-corrected chi connectivity index (χ2v) is 5.97. The molecule has 2 heterocycles. The number of aromatic carboxylic acids is 1. The Labute approximate surface area is 145 Å². The zero-order valence-electron chi connectivity index (χ0n) is 13.7. The quantitative estimate of drug-likeness (QED) is 0.663. The first-order valence-corrected chi connectivity index (χ1v) is 8.17. The van der Waals surface area contributed by atoms with Crippen molar-refractivity contribution in [3.05, 3.63) is 53.3 Å². The summed E-state index contributed by atoms with van der Waals surface area (Å²) in [6.07, 6.45) is 6.65. The molecule has 1 aliphatic heterocycles. The second kappa shape index (κ2) is 7.14. The Morgan fingerprint density at radius 3 is 2.32 bits per heavy atom. The molecular weight excluding hydrogens is 318 g/mol. The van der Waals surface area contributed by atoms with Crippen LogP contribution in [0, 0.1) is 12.0 Å². The standard InChI is InChI=1S/C19H19N3O3/c20-9-8-15-12-22(16-6-4-14(5-7-16)19(24)25)13-17(15)18(23)21-10-2-1-3-11-21/h4-7,12-13H,1-3,10-11,20H2,(H,24,25). The molecule has 0 spiro atoms. The van der Waals surface area contributed by atoms with Crippen molar-refractivity contribution >= 4 is 11.9 Å². The molecule has 1 saturated heterocycles. The van der Waals surface area contributed by atoms with Gasteiger partial charge in [0.1, 0.15) is 0 Å². The number of nitrogens with two attached hydrogens (primary N) is 1. The maximum atomic E-state index is 12.8. The van der Waals surface area contributed by atoms with Crippen molar-refractivity contribution in [1.29, 1.82) is 0 Å². The van der Waals surface area contributed by atoms with Gasteiger partial charge in [0.15, 0.2) is 0 Å². The summed E-state index contributed by atoms with van der Waals surface area (Å²) in [5.74, 6) is 1.76. The Bertz CT molecular complexity index is 850. The molecule has 128 valence electrons. The molecule has 6 heteroatoms. The first-order chi connectivity index (χ1) is 12.1. The summed E-state index contributed by atoms with van der Waals surface area (Å²) in [6.45, 7) is 1.51. The molecule has 25 heavy (non-hydrogen) atoms. The van der Waals surface area contributed by atoms with Gasteiger partial charge in [-0.2, -0.15) is 0 Å². The third-order valence-corrected chi connectivity index (χ3v) is 4.32. The third kappa shape index (κ3) is 3.50. The van der Waals surface area contributed by atoms with Crippen molar-refractivity contribution in [2.45, 2.75) is 19.3 Å². The number of nitrogens with zero attached hydrogens (tertiary/aromatic N) is 2. The monoisotopic (exact) mass is 337 g/mol. The van der Waals surface area contributed by atoms with E-state index in [1.165, 1.54) is 12.1 Å². The number of rotatable bonds is 3. The van der Waals surface area contributed by atoms with Gasteiger partial charge in [0.05, 0.1) is 16.7 Å². The molecule has 3 rings (SSSR count). The summed E-state index contributed by atoms with van der Waals surface area (Å²) in [6, 6.07) is 8.80. The minimum atomic E-state index is -0.977. The predicted molar refractivity (Wildman–Crippen MR) is 93.5 cm³/mol. The highest BCUT2D eigenvalue weighted by atomic mass is 16.4. The van der Waals surface area contributed by atoms with E-state index < -0.39 is 5.97 Å². The summed E-state index contributed by atoms with van der Waals surface area (Å²) in [5, 5.41) is 8.99. The Balaban J connectivity index is 1.94. The van der Waals surface area contributed by atoms with Crippen LogP contribution < -0.4 is 5.73 Å². The number of hydrogen-bond donors (Lipinski definition) is 2. The number of amides is 1. The normalized spacial score (nSPS) is 13.8. The average Bonchev–Trinajstić information content (AvgIpc) is 3.06.